The molecule has 1 saturated heterocycles. The Hall–Kier alpha value is -2.33. The van der Waals surface area contributed by atoms with E-state index in [1.807, 2.05) is 54.6 Å². The molecule has 1 heterocycles. The molecular weight excluding hydrogens is 286 g/mol. The van der Waals surface area contributed by atoms with Gasteiger partial charge in [-0.15, -0.1) is 0 Å². The molecule has 0 radical (unpaired) electrons. The number of benzene rings is 2. The third-order valence-corrected chi connectivity index (χ3v) is 5.03. The highest BCUT2D eigenvalue weighted by molar-refractivity contribution is 5.97. The first-order valence-corrected chi connectivity index (χ1v) is 8.21. The lowest BCUT2D eigenvalue weighted by Gasteiger charge is -2.22. The van der Waals surface area contributed by atoms with Crippen LogP contribution >= 0.6 is 0 Å². The maximum Gasteiger partial charge on any atom is 0.230 e. The first kappa shape index (κ1) is 14.3. The van der Waals surface area contributed by atoms with Gasteiger partial charge in [0.05, 0.1) is 5.41 Å². The van der Waals surface area contributed by atoms with Gasteiger partial charge >= 0.3 is 0 Å². The topological polar surface area (TPSA) is 53.2 Å². The molecule has 2 aromatic carbocycles. The lowest BCUT2D eigenvalue weighted by Crippen LogP contribution is -2.36. The van der Waals surface area contributed by atoms with E-state index in [9.17, 15) is 4.79 Å². The van der Waals surface area contributed by atoms with Crippen LogP contribution in [0.15, 0.2) is 54.6 Å². The Morgan fingerprint density at radius 3 is 2.43 bits per heavy atom. The standard InChI is InChI=1S/C19H21N3O/c23-18(19-10-11-20-13-14(19)12-19)22-17-8-6-16(7-9-17)21-15-4-2-1-3-5-15/h1-9,14,20-21H,10-13H2,(H,22,23). The SMILES string of the molecule is O=C(Nc1ccc(Nc2ccccc2)cc1)C12CCNCC1C2. The smallest absolute Gasteiger partial charge is 0.230 e. The predicted molar refractivity (Wildman–Crippen MR) is 92.8 cm³/mol. The molecule has 118 valence electrons. The molecular formula is C19H21N3O. The highest BCUT2D eigenvalue weighted by Gasteiger charge is 2.60. The zero-order valence-electron chi connectivity index (χ0n) is 13.0. The van der Waals surface area contributed by atoms with E-state index < -0.39 is 0 Å². The third kappa shape index (κ3) is 2.82. The monoisotopic (exact) mass is 307 g/mol. The number of carbonyl (C=O) groups is 1. The van der Waals surface area contributed by atoms with E-state index in [2.05, 4.69) is 16.0 Å². The summed E-state index contributed by atoms with van der Waals surface area (Å²) in [7, 11) is 0. The van der Waals surface area contributed by atoms with Gasteiger partial charge in [0.15, 0.2) is 0 Å². The van der Waals surface area contributed by atoms with Gasteiger partial charge in [-0.05, 0) is 68.2 Å². The highest BCUT2D eigenvalue weighted by Crippen LogP contribution is 2.56. The Morgan fingerprint density at radius 2 is 1.70 bits per heavy atom. The van der Waals surface area contributed by atoms with Crippen LogP contribution in [-0.2, 0) is 4.79 Å². The number of piperidine rings is 1. The van der Waals surface area contributed by atoms with Crippen LogP contribution in [0.1, 0.15) is 12.8 Å². The van der Waals surface area contributed by atoms with Crippen LogP contribution in [-0.4, -0.2) is 19.0 Å². The third-order valence-electron chi connectivity index (χ3n) is 5.03. The van der Waals surface area contributed by atoms with Crippen molar-refractivity contribution in [2.45, 2.75) is 12.8 Å². The normalized spacial score (nSPS) is 25.3. The molecule has 4 heteroatoms. The Balaban J connectivity index is 1.40. The number of rotatable bonds is 4. The average molecular weight is 307 g/mol. The van der Waals surface area contributed by atoms with Crippen molar-refractivity contribution in [1.29, 1.82) is 0 Å². The molecule has 0 bridgehead atoms. The van der Waals surface area contributed by atoms with Gasteiger partial charge in [-0.1, -0.05) is 18.2 Å². The molecule has 2 aromatic rings. The Kier molecular flexibility index (Phi) is 3.54. The second-order valence-electron chi connectivity index (χ2n) is 6.53. The van der Waals surface area contributed by atoms with Crippen LogP contribution in [0.5, 0.6) is 0 Å². The minimum atomic E-state index is -0.105. The molecule has 2 aliphatic rings. The van der Waals surface area contributed by atoms with E-state index in [1.165, 1.54) is 0 Å². The molecule has 23 heavy (non-hydrogen) atoms. The Labute approximate surface area is 136 Å². The number of anilines is 3. The van der Waals surface area contributed by atoms with Crippen molar-refractivity contribution >= 4 is 23.0 Å². The Bertz CT molecular complexity index is 698. The minimum Gasteiger partial charge on any atom is -0.356 e. The fourth-order valence-electron chi connectivity index (χ4n) is 3.51. The van der Waals surface area contributed by atoms with Crippen LogP contribution in [0.25, 0.3) is 0 Å². The molecule has 0 spiro atoms. The summed E-state index contributed by atoms with van der Waals surface area (Å²) >= 11 is 0. The molecule has 2 fully saturated rings. The maximum absolute atomic E-state index is 12.6. The number of para-hydroxylation sites is 1. The maximum atomic E-state index is 12.6. The first-order valence-electron chi connectivity index (χ1n) is 8.21. The number of fused-ring (bicyclic) bond motifs is 1. The van der Waals surface area contributed by atoms with Crippen molar-refractivity contribution in [2.24, 2.45) is 11.3 Å². The molecule has 1 saturated carbocycles. The summed E-state index contributed by atoms with van der Waals surface area (Å²) in [4.78, 5) is 12.6. The molecule has 2 unspecified atom stereocenters. The summed E-state index contributed by atoms with van der Waals surface area (Å²) in [6.45, 7) is 1.93. The van der Waals surface area contributed by atoms with Gasteiger partial charge in [0.2, 0.25) is 5.91 Å². The molecule has 1 aliphatic carbocycles. The van der Waals surface area contributed by atoms with Gasteiger partial charge in [-0.3, -0.25) is 4.79 Å². The number of amides is 1. The summed E-state index contributed by atoms with van der Waals surface area (Å²) < 4.78 is 0. The summed E-state index contributed by atoms with van der Waals surface area (Å²) in [5.41, 5.74) is 2.83. The van der Waals surface area contributed by atoms with Crippen LogP contribution in [0.4, 0.5) is 17.1 Å². The van der Waals surface area contributed by atoms with Crippen LogP contribution in [0.3, 0.4) is 0 Å². The lowest BCUT2D eigenvalue weighted by molar-refractivity contribution is -0.122. The predicted octanol–water partition coefficient (Wildman–Crippen LogP) is 3.37. The van der Waals surface area contributed by atoms with Gasteiger partial charge in [-0.2, -0.15) is 0 Å². The molecule has 3 N–H and O–H groups in total. The average Bonchev–Trinajstić information content (AvgIpc) is 3.34. The molecule has 4 nitrogen and oxygen atoms in total. The van der Waals surface area contributed by atoms with Gasteiger partial charge in [0, 0.05) is 17.1 Å². The summed E-state index contributed by atoms with van der Waals surface area (Å²) in [6, 6.07) is 18.0. The first-order chi connectivity index (χ1) is 11.3. The van der Waals surface area contributed by atoms with E-state index in [0.29, 0.717) is 5.92 Å². The number of carbonyl (C=O) groups excluding carboxylic acids is 1. The van der Waals surface area contributed by atoms with Gasteiger partial charge in [-0.25, -0.2) is 0 Å². The van der Waals surface area contributed by atoms with E-state index >= 15 is 0 Å². The number of hydrogen-bond donors (Lipinski definition) is 3. The molecule has 1 amide bonds. The van der Waals surface area contributed by atoms with Crippen LogP contribution < -0.4 is 16.0 Å². The lowest BCUT2D eigenvalue weighted by atomic mass is 9.95. The summed E-state index contributed by atoms with van der Waals surface area (Å²) in [6.07, 6.45) is 1.98. The van der Waals surface area contributed by atoms with E-state index in [-0.39, 0.29) is 11.3 Å². The van der Waals surface area contributed by atoms with Crippen LogP contribution in [0, 0.1) is 11.3 Å². The number of hydrogen-bond acceptors (Lipinski definition) is 3. The van der Waals surface area contributed by atoms with Crippen molar-refractivity contribution in [2.75, 3.05) is 23.7 Å². The Morgan fingerprint density at radius 1 is 1.00 bits per heavy atom. The van der Waals surface area contributed by atoms with Gasteiger partial charge in [0.1, 0.15) is 0 Å². The van der Waals surface area contributed by atoms with Crippen molar-refractivity contribution in [1.82, 2.24) is 5.32 Å². The molecule has 0 aromatic heterocycles. The summed E-state index contributed by atoms with van der Waals surface area (Å²) in [5, 5.41) is 9.79. The zero-order valence-corrected chi connectivity index (χ0v) is 13.0. The number of nitrogens with one attached hydrogen (secondary N) is 3. The largest absolute Gasteiger partial charge is 0.356 e. The summed E-state index contributed by atoms with van der Waals surface area (Å²) in [5.74, 6) is 0.711. The van der Waals surface area contributed by atoms with Gasteiger partial charge < -0.3 is 16.0 Å². The van der Waals surface area contributed by atoms with E-state index in [1.54, 1.807) is 0 Å². The van der Waals surface area contributed by atoms with Crippen molar-refractivity contribution in [3.8, 4) is 0 Å². The van der Waals surface area contributed by atoms with E-state index in [4.69, 9.17) is 0 Å². The zero-order chi connectivity index (χ0) is 15.7. The highest BCUT2D eigenvalue weighted by atomic mass is 16.2. The van der Waals surface area contributed by atoms with Crippen molar-refractivity contribution in [3.05, 3.63) is 54.6 Å². The second kappa shape index (κ2) is 5.70. The molecule has 1 aliphatic heterocycles. The molecule has 4 rings (SSSR count). The fourth-order valence-corrected chi connectivity index (χ4v) is 3.51. The minimum absolute atomic E-state index is 0.105. The van der Waals surface area contributed by atoms with Crippen LogP contribution in [0.2, 0.25) is 0 Å². The van der Waals surface area contributed by atoms with Gasteiger partial charge in [0.25, 0.3) is 0 Å². The quantitative estimate of drug-likeness (QED) is 0.812. The second-order valence-corrected chi connectivity index (χ2v) is 6.53. The molecule has 2 atom stereocenters. The van der Waals surface area contributed by atoms with E-state index in [0.717, 1.165) is 43.0 Å². The van der Waals surface area contributed by atoms with Crippen molar-refractivity contribution < 1.29 is 4.79 Å². The fraction of sp³-hybridized carbons (Fsp3) is 0.316. The van der Waals surface area contributed by atoms with Crippen molar-refractivity contribution in [3.63, 3.8) is 0 Å².